The number of esters is 1. The van der Waals surface area contributed by atoms with Crippen molar-refractivity contribution in [2.24, 2.45) is 5.92 Å². The fourth-order valence-electron chi connectivity index (χ4n) is 2.05. The van der Waals surface area contributed by atoms with Gasteiger partial charge in [-0.05, 0) is 31.6 Å². The van der Waals surface area contributed by atoms with Crippen LogP contribution in [0.25, 0.3) is 0 Å². The average molecular weight is 182 g/mol. The molecule has 0 heterocycles. The third kappa shape index (κ3) is 3.02. The summed E-state index contributed by atoms with van der Waals surface area (Å²) in [5.74, 6) is 0.675. The van der Waals surface area contributed by atoms with E-state index >= 15 is 0 Å². The van der Waals surface area contributed by atoms with Crippen LogP contribution in [-0.2, 0) is 9.53 Å². The van der Waals surface area contributed by atoms with E-state index in [1.807, 2.05) is 0 Å². The molecule has 2 rings (SSSR count). The van der Waals surface area contributed by atoms with E-state index in [0.29, 0.717) is 12.3 Å². The molecule has 2 nitrogen and oxygen atoms in total. The highest BCUT2D eigenvalue weighted by molar-refractivity contribution is 5.70. The molecule has 2 saturated carbocycles. The molecule has 0 amide bonds. The minimum atomic E-state index is 0.0504. The summed E-state index contributed by atoms with van der Waals surface area (Å²) in [6.45, 7) is 0. The molecule has 0 radical (unpaired) electrons. The van der Waals surface area contributed by atoms with Crippen molar-refractivity contribution in [3.63, 3.8) is 0 Å². The van der Waals surface area contributed by atoms with Crippen LogP contribution in [0.3, 0.4) is 0 Å². The van der Waals surface area contributed by atoms with E-state index in [0.717, 1.165) is 12.8 Å². The molecule has 2 aliphatic rings. The van der Waals surface area contributed by atoms with Gasteiger partial charge in [0.25, 0.3) is 0 Å². The van der Waals surface area contributed by atoms with Gasteiger partial charge in [-0.1, -0.05) is 19.3 Å². The summed E-state index contributed by atoms with van der Waals surface area (Å²) in [7, 11) is 0. The van der Waals surface area contributed by atoms with Crippen LogP contribution in [-0.4, -0.2) is 12.1 Å². The molecule has 0 bridgehead atoms. The minimum Gasteiger partial charge on any atom is -0.462 e. The second-order valence-corrected chi connectivity index (χ2v) is 4.40. The fraction of sp³-hybridized carbons (Fsp3) is 0.909. The number of carbonyl (C=O) groups excluding carboxylic acids is 1. The Morgan fingerprint density at radius 3 is 2.38 bits per heavy atom. The lowest BCUT2D eigenvalue weighted by atomic mass is 9.87. The first-order chi connectivity index (χ1) is 6.34. The van der Waals surface area contributed by atoms with Crippen LogP contribution < -0.4 is 0 Å². The Kier molecular flexibility index (Phi) is 2.87. The molecule has 74 valence electrons. The first-order valence-electron chi connectivity index (χ1n) is 5.54. The lowest BCUT2D eigenvalue weighted by Crippen LogP contribution is -2.14. The van der Waals surface area contributed by atoms with Gasteiger partial charge in [-0.2, -0.15) is 0 Å². The first-order valence-corrected chi connectivity index (χ1v) is 5.54. The lowest BCUT2D eigenvalue weighted by Gasteiger charge is -2.20. The van der Waals surface area contributed by atoms with Crippen molar-refractivity contribution >= 4 is 5.97 Å². The maximum absolute atomic E-state index is 11.3. The van der Waals surface area contributed by atoms with E-state index < -0.39 is 0 Å². The van der Waals surface area contributed by atoms with E-state index in [1.165, 1.54) is 32.1 Å². The Bertz CT molecular complexity index is 179. The van der Waals surface area contributed by atoms with Crippen LogP contribution in [0.5, 0.6) is 0 Å². The minimum absolute atomic E-state index is 0.0504. The Morgan fingerprint density at radius 2 is 1.77 bits per heavy atom. The van der Waals surface area contributed by atoms with Crippen LogP contribution in [0.15, 0.2) is 0 Å². The highest BCUT2D eigenvalue weighted by atomic mass is 16.5. The Morgan fingerprint density at radius 1 is 1.08 bits per heavy atom. The molecular weight excluding hydrogens is 164 g/mol. The summed E-state index contributed by atoms with van der Waals surface area (Å²) in [6, 6.07) is 0. The van der Waals surface area contributed by atoms with Gasteiger partial charge in [0.1, 0.15) is 6.10 Å². The Labute approximate surface area is 79.7 Å². The maximum atomic E-state index is 11.3. The summed E-state index contributed by atoms with van der Waals surface area (Å²) in [6.07, 6.45) is 9.59. The SMILES string of the molecule is O=C(CC1CCCCC1)OC1CC1. The summed E-state index contributed by atoms with van der Waals surface area (Å²) in [4.78, 5) is 11.3. The zero-order chi connectivity index (χ0) is 9.10. The van der Waals surface area contributed by atoms with E-state index in [-0.39, 0.29) is 12.1 Å². The van der Waals surface area contributed by atoms with E-state index in [1.54, 1.807) is 0 Å². The zero-order valence-corrected chi connectivity index (χ0v) is 8.13. The van der Waals surface area contributed by atoms with Gasteiger partial charge in [0, 0.05) is 6.42 Å². The molecule has 0 saturated heterocycles. The van der Waals surface area contributed by atoms with Gasteiger partial charge in [0.05, 0.1) is 0 Å². The lowest BCUT2D eigenvalue weighted by molar-refractivity contribution is -0.146. The predicted octanol–water partition coefficient (Wildman–Crippen LogP) is 2.66. The van der Waals surface area contributed by atoms with Crippen molar-refractivity contribution in [2.45, 2.75) is 57.5 Å². The number of hydrogen-bond acceptors (Lipinski definition) is 2. The van der Waals surface area contributed by atoms with Gasteiger partial charge >= 0.3 is 5.97 Å². The molecule has 0 N–H and O–H groups in total. The fourth-order valence-corrected chi connectivity index (χ4v) is 2.05. The molecule has 0 aliphatic heterocycles. The highest BCUT2D eigenvalue weighted by Crippen LogP contribution is 2.29. The molecule has 2 heteroatoms. The molecule has 2 aliphatic carbocycles. The normalized spacial score (nSPS) is 24.3. The standard InChI is InChI=1S/C11H18O2/c12-11(13-10-6-7-10)8-9-4-2-1-3-5-9/h9-10H,1-8H2. The van der Waals surface area contributed by atoms with Gasteiger partial charge in [0.2, 0.25) is 0 Å². The molecule has 0 unspecified atom stereocenters. The van der Waals surface area contributed by atoms with Crippen molar-refractivity contribution in [3.05, 3.63) is 0 Å². The Balaban J connectivity index is 1.66. The number of ether oxygens (including phenoxy) is 1. The molecule has 0 aromatic rings. The molecule has 0 spiro atoms. The summed E-state index contributed by atoms with van der Waals surface area (Å²) < 4.78 is 5.23. The smallest absolute Gasteiger partial charge is 0.306 e. The molecule has 0 aromatic heterocycles. The van der Waals surface area contributed by atoms with Crippen molar-refractivity contribution in [1.82, 2.24) is 0 Å². The van der Waals surface area contributed by atoms with Crippen LogP contribution in [0.1, 0.15) is 51.4 Å². The van der Waals surface area contributed by atoms with Gasteiger partial charge in [-0.3, -0.25) is 4.79 Å². The largest absolute Gasteiger partial charge is 0.462 e. The Hall–Kier alpha value is -0.530. The van der Waals surface area contributed by atoms with Crippen molar-refractivity contribution in [3.8, 4) is 0 Å². The number of rotatable bonds is 3. The van der Waals surface area contributed by atoms with E-state index in [9.17, 15) is 4.79 Å². The quantitative estimate of drug-likeness (QED) is 0.627. The number of carbonyl (C=O) groups is 1. The van der Waals surface area contributed by atoms with Gasteiger partial charge in [0.15, 0.2) is 0 Å². The molecular formula is C11H18O2. The third-order valence-corrected chi connectivity index (χ3v) is 3.00. The topological polar surface area (TPSA) is 26.3 Å². The molecule has 13 heavy (non-hydrogen) atoms. The highest BCUT2D eigenvalue weighted by Gasteiger charge is 2.27. The molecule has 0 aromatic carbocycles. The van der Waals surface area contributed by atoms with E-state index in [4.69, 9.17) is 4.74 Å². The monoisotopic (exact) mass is 182 g/mol. The van der Waals surface area contributed by atoms with Gasteiger partial charge < -0.3 is 4.74 Å². The second-order valence-electron chi connectivity index (χ2n) is 4.40. The number of hydrogen-bond donors (Lipinski definition) is 0. The van der Waals surface area contributed by atoms with Crippen molar-refractivity contribution in [1.29, 1.82) is 0 Å². The van der Waals surface area contributed by atoms with Gasteiger partial charge in [-0.25, -0.2) is 0 Å². The van der Waals surface area contributed by atoms with Crippen LogP contribution >= 0.6 is 0 Å². The van der Waals surface area contributed by atoms with Crippen molar-refractivity contribution < 1.29 is 9.53 Å². The van der Waals surface area contributed by atoms with Crippen LogP contribution in [0.2, 0.25) is 0 Å². The van der Waals surface area contributed by atoms with Crippen LogP contribution in [0, 0.1) is 5.92 Å². The maximum Gasteiger partial charge on any atom is 0.306 e. The van der Waals surface area contributed by atoms with Gasteiger partial charge in [-0.15, -0.1) is 0 Å². The first kappa shape index (κ1) is 9.04. The predicted molar refractivity (Wildman–Crippen MR) is 50.3 cm³/mol. The van der Waals surface area contributed by atoms with E-state index in [2.05, 4.69) is 0 Å². The molecule has 0 atom stereocenters. The third-order valence-electron chi connectivity index (χ3n) is 3.00. The second kappa shape index (κ2) is 4.12. The average Bonchev–Trinajstić information content (AvgIpc) is 2.90. The molecule has 2 fully saturated rings. The summed E-state index contributed by atoms with van der Waals surface area (Å²) in [5.41, 5.74) is 0. The summed E-state index contributed by atoms with van der Waals surface area (Å²) in [5, 5.41) is 0. The van der Waals surface area contributed by atoms with Crippen LogP contribution in [0.4, 0.5) is 0 Å². The zero-order valence-electron chi connectivity index (χ0n) is 8.13. The van der Waals surface area contributed by atoms with Crippen molar-refractivity contribution in [2.75, 3.05) is 0 Å². The summed E-state index contributed by atoms with van der Waals surface area (Å²) >= 11 is 0.